The zero-order chi connectivity index (χ0) is 25.1. The summed E-state index contributed by atoms with van der Waals surface area (Å²) in [5, 5.41) is 0. The summed E-state index contributed by atoms with van der Waals surface area (Å²) in [5.74, 6) is 0. The Bertz CT molecular complexity index is 853. The van der Waals surface area contributed by atoms with Crippen molar-refractivity contribution in [1.29, 1.82) is 0 Å². The van der Waals surface area contributed by atoms with Crippen molar-refractivity contribution in [3.8, 4) is 0 Å². The minimum absolute atomic E-state index is 0.877. The molecule has 0 radical (unpaired) electrons. The lowest BCUT2D eigenvalue weighted by molar-refractivity contribution is 0.535. The van der Waals surface area contributed by atoms with Gasteiger partial charge in [-0.2, -0.15) is 0 Å². The Balaban J connectivity index is 1.64. The molecule has 0 bridgehead atoms. The summed E-state index contributed by atoms with van der Waals surface area (Å²) in [5.41, 5.74) is 5.02. The molecule has 0 saturated carbocycles. The van der Waals surface area contributed by atoms with Crippen molar-refractivity contribution in [2.75, 3.05) is 19.0 Å². The maximum absolute atomic E-state index is 5.60. The number of rotatable bonds is 19. The number of hydrogen-bond acceptors (Lipinski definition) is 2. The van der Waals surface area contributed by atoms with Gasteiger partial charge in [-0.1, -0.05) is 151 Å². The molecule has 192 valence electrons. The molecule has 0 amide bonds. The van der Waals surface area contributed by atoms with Crippen LogP contribution in [0.5, 0.6) is 0 Å². The predicted molar refractivity (Wildman–Crippen MR) is 162 cm³/mol. The number of hydrogen-bond donors (Lipinski definition) is 0. The van der Waals surface area contributed by atoms with Gasteiger partial charge in [-0.05, 0) is 41.7 Å². The molecule has 0 saturated heterocycles. The Morgan fingerprint density at radius 3 is 1.80 bits per heavy atom. The lowest BCUT2D eigenvalue weighted by atomic mass is 10.0. The fourth-order valence-electron chi connectivity index (χ4n) is 4.66. The van der Waals surface area contributed by atoms with Crippen LogP contribution in [0.2, 0.25) is 0 Å². The Morgan fingerprint density at radius 1 is 0.714 bits per heavy atom. The molecule has 2 heteroatoms. The summed E-state index contributed by atoms with van der Waals surface area (Å²) < 4.78 is 0. The smallest absolute Gasteiger partial charge is 0.0449 e. The Kier molecular flexibility index (Phi) is 15.4. The van der Waals surface area contributed by atoms with Gasteiger partial charge in [0.1, 0.15) is 0 Å². The maximum Gasteiger partial charge on any atom is 0.0449 e. The summed E-state index contributed by atoms with van der Waals surface area (Å²) >= 11 is 5.60. The van der Waals surface area contributed by atoms with E-state index in [1.807, 2.05) is 18.2 Å². The van der Waals surface area contributed by atoms with Crippen LogP contribution in [0.1, 0.15) is 114 Å². The minimum atomic E-state index is 0.877. The van der Waals surface area contributed by atoms with E-state index in [-0.39, 0.29) is 0 Å². The fourth-order valence-corrected chi connectivity index (χ4v) is 4.86. The highest BCUT2D eigenvalue weighted by Gasteiger charge is 2.05. The predicted octanol–water partition coefficient (Wildman–Crippen LogP) is 10.2. The lowest BCUT2D eigenvalue weighted by Gasteiger charge is -2.17. The summed E-state index contributed by atoms with van der Waals surface area (Å²) in [7, 11) is 4.25. The van der Waals surface area contributed by atoms with Crippen molar-refractivity contribution in [2.45, 2.75) is 103 Å². The third-order valence-electron chi connectivity index (χ3n) is 6.87. The van der Waals surface area contributed by atoms with Crippen LogP contribution in [0.3, 0.4) is 0 Å². The zero-order valence-corrected chi connectivity index (χ0v) is 23.6. The minimum Gasteiger partial charge on any atom is -0.377 e. The molecule has 0 aliphatic rings. The van der Waals surface area contributed by atoms with E-state index in [4.69, 9.17) is 12.2 Å². The van der Waals surface area contributed by atoms with E-state index in [9.17, 15) is 0 Å². The highest BCUT2D eigenvalue weighted by molar-refractivity contribution is 7.81. The molecule has 2 aromatic carbocycles. The van der Waals surface area contributed by atoms with Gasteiger partial charge in [0.05, 0.1) is 0 Å². The number of unbranched alkanes of at least 4 members (excludes halogenated alkanes) is 13. The van der Waals surface area contributed by atoms with Crippen molar-refractivity contribution in [3.63, 3.8) is 0 Å². The van der Waals surface area contributed by atoms with Gasteiger partial charge in [0, 0.05) is 24.6 Å². The normalized spacial score (nSPS) is 11.3. The maximum atomic E-state index is 5.60. The number of benzene rings is 2. The first-order chi connectivity index (χ1) is 17.1. The molecule has 2 aromatic rings. The second-order valence-electron chi connectivity index (χ2n) is 10.2. The SMILES string of the molecule is CCCCCCCCCCCCCCCCc1ccc(C=CC(=S)c2ccccc2)c(N(C)C)c1. The number of allylic oxidation sites excluding steroid dienone is 1. The third kappa shape index (κ3) is 12.5. The molecule has 0 aliphatic carbocycles. The first-order valence-electron chi connectivity index (χ1n) is 14.2. The third-order valence-corrected chi connectivity index (χ3v) is 7.24. The molecular formula is C33H49NS. The number of aryl methyl sites for hydroxylation is 1. The summed E-state index contributed by atoms with van der Waals surface area (Å²) in [6.45, 7) is 2.29. The van der Waals surface area contributed by atoms with E-state index in [1.54, 1.807) is 0 Å². The van der Waals surface area contributed by atoms with Crippen LogP contribution < -0.4 is 4.90 Å². The number of nitrogens with zero attached hydrogens (tertiary/aromatic N) is 1. The molecule has 0 aliphatic heterocycles. The molecule has 0 aromatic heterocycles. The Hall–Kier alpha value is -1.93. The number of anilines is 1. The van der Waals surface area contributed by atoms with Gasteiger partial charge >= 0.3 is 0 Å². The molecule has 0 heterocycles. The Morgan fingerprint density at radius 2 is 1.26 bits per heavy atom. The van der Waals surface area contributed by atoms with E-state index >= 15 is 0 Å². The van der Waals surface area contributed by atoms with Crippen molar-refractivity contribution in [2.24, 2.45) is 0 Å². The second kappa shape index (κ2) is 18.4. The highest BCUT2D eigenvalue weighted by Crippen LogP contribution is 2.24. The second-order valence-corrected chi connectivity index (χ2v) is 10.6. The molecule has 0 fully saturated rings. The monoisotopic (exact) mass is 491 g/mol. The van der Waals surface area contributed by atoms with Gasteiger partial charge in [-0.3, -0.25) is 0 Å². The van der Waals surface area contributed by atoms with Crippen LogP contribution in [0.15, 0.2) is 54.6 Å². The first kappa shape index (κ1) is 29.3. The highest BCUT2D eigenvalue weighted by atomic mass is 32.1. The molecule has 0 spiro atoms. The summed E-state index contributed by atoms with van der Waals surface area (Å²) in [6, 6.07) is 17.1. The molecule has 35 heavy (non-hydrogen) atoms. The number of thiocarbonyl (C=S) groups is 1. The van der Waals surface area contributed by atoms with E-state index in [2.05, 4.69) is 68.4 Å². The average molecular weight is 492 g/mol. The fraction of sp³-hybridized carbons (Fsp3) is 0.545. The molecular weight excluding hydrogens is 442 g/mol. The molecule has 2 rings (SSSR count). The largest absolute Gasteiger partial charge is 0.377 e. The van der Waals surface area contributed by atoms with Crippen LogP contribution in [0.4, 0.5) is 5.69 Å². The quantitative estimate of drug-likeness (QED) is 0.0832. The molecule has 0 atom stereocenters. The van der Waals surface area contributed by atoms with E-state index in [0.29, 0.717) is 0 Å². The molecule has 1 nitrogen and oxygen atoms in total. The summed E-state index contributed by atoms with van der Waals surface area (Å²) in [4.78, 5) is 3.08. The van der Waals surface area contributed by atoms with Gasteiger partial charge in [0.25, 0.3) is 0 Å². The van der Waals surface area contributed by atoms with Gasteiger partial charge in [-0.15, -0.1) is 0 Å². The molecule has 0 N–H and O–H groups in total. The summed E-state index contributed by atoms with van der Waals surface area (Å²) in [6.07, 6.45) is 25.1. The molecule has 0 unspecified atom stereocenters. The van der Waals surface area contributed by atoms with Crippen LogP contribution in [-0.4, -0.2) is 19.0 Å². The van der Waals surface area contributed by atoms with Crippen LogP contribution in [-0.2, 0) is 6.42 Å². The van der Waals surface area contributed by atoms with Gasteiger partial charge in [-0.25, -0.2) is 0 Å². The van der Waals surface area contributed by atoms with Crippen LogP contribution in [0, 0.1) is 0 Å². The first-order valence-corrected chi connectivity index (χ1v) is 14.6. The van der Waals surface area contributed by atoms with Crippen molar-refractivity contribution >= 4 is 28.8 Å². The lowest BCUT2D eigenvalue weighted by Crippen LogP contribution is -2.10. The van der Waals surface area contributed by atoms with Crippen LogP contribution in [0.25, 0.3) is 6.08 Å². The van der Waals surface area contributed by atoms with Crippen molar-refractivity contribution in [1.82, 2.24) is 0 Å². The van der Waals surface area contributed by atoms with E-state index < -0.39 is 0 Å². The van der Waals surface area contributed by atoms with E-state index in [0.717, 1.165) is 10.4 Å². The average Bonchev–Trinajstić information content (AvgIpc) is 2.88. The van der Waals surface area contributed by atoms with Gasteiger partial charge in [0.15, 0.2) is 0 Å². The van der Waals surface area contributed by atoms with Gasteiger partial charge < -0.3 is 4.90 Å². The van der Waals surface area contributed by atoms with Crippen LogP contribution >= 0.6 is 12.2 Å². The topological polar surface area (TPSA) is 3.24 Å². The van der Waals surface area contributed by atoms with Crippen molar-refractivity contribution in [3.05, 3.63) is 71.3 Å². The van der Waals surface area contributed by atoms with E-state index in [1.165, 1.54) is 113 Å². The van der Waals surface area contributed by atoms with Crippen molar-refractivity contribution < 1.29 is 0 Å². The Labute approximate surface area is 222 Å². The zero-order valence-electron chi connectivity index (χ0n) is 22.7. The standard InChI is InChI=1S/C33H49NS/c1-4-5-6-7-8-9-10-11-12-13-14-15-16-18-21-29-24-25-30(32(28-29)34(2)3)26-27-33(35)31-22-19-17-20-23-31/h17,19-20,22-28H,4-16,18,21H2,1-3H3. The van der Waals surface area contributed by atoms with Gasteiger partial charge in [0.2, 0.25) is 0 Å².